The highest BCUT2D eigenvalue weighted by Crippen LogP contribution is 2.37. The summed E-state index contributed by atoms with van der Waals surface area (Å²) >= 11 is 6.28. The second-order valence-corrected chi connectivity index (χ2v) is 20.7. The van der Waals surface area contributed by atoms with Gasteiger partial charge in [-0.2, -0.15) is 4.98 Å². The number of carbonyl (C=O) groups excluding carboxylic acids is 1. The number of aryl methyl sites for hydroxylation is 1. The maximum Gasteiger partial charge on any atom is 0.410 e. The summed E-state index contributed by atoms with van der Waals surface area (Å²) in [5.41, 5.74) is 1.25. The number of unbranched alkanes of at least 4 members (excludes halogenated alkanes) is 1. The Morgan fingerprint density at radius 2 is 1.81 bits per heavy atom. The average molecular weight is 703 g/mol. The Morgan fingerprint density at radius 1 is 1.12 bits per heavy atom. The van der Waals surface area contributed by atoms with Gasteiger partial charge in [-0.15, -0.1) is 0 Å². The molecule has 0 aromatic carbocycles. The van der Waals surface area contributed by atoms with Crippen LogP contribution in [0.3, 0.4) is 0 Å². The van der Waals surface area contributed by atoms with Gasteiger partial charge in [0.25, 0.3) is 0 Å². The van der Waals surface area contributed by atoms with E-state index in [9.17, 15) is 9.59 Å². The smallest absolute Gasteiger partial charge is 0.410 e. The molecule has 0 radical (unpaired) electrons. The molecule has 1 aliphatic heterocycles. The number of hydrogen-bond donors (Lipinski definition) is 0. The van der Waals surface area contributed by atoms with E-state index in [4.69, 9.17) is 20.8 Å². The number of amides is 1. The van der Waals surface area contributed by atoms with E-state index in [0.29, 0.717) is 55.2 Å². The molecule has 4 heterocycles. The third-order valence-electron chi connectivity index (χ3n) is 9.23. The predicted molar refractivity (Wildman–Crippen MR) is 193 cm³/mol. The lowest BCUT2D eigenvalue weighted by atomic mass is 10.0. The van der Waals surface area contributed by atoms with Crippen molar-refractivity contribution in [1.82, 2.24) is 24.4 Å². The Bertz CT molecular complexity index is 1700. The Hall–Kier alpha value is -3.09. The van der Waals surface area contributed by atoms with Gasteiger partial charge in [-0.05, 0) is 88.7 Å². The normalized spacial score (nSPS) is 16.2. The van der Waals surface area contributed by atoms with Crippen LogP contribution in [-0.4, -0.2) is 76.7 Å². The molecule has 48 heavy (non-hydrogen) atoms. The molecule has 1 aliphatic rings. The van der Waals surface area contributed by atoms with Crippen LogP contribution in [0.25, 0.3) is 16.7 Å². The second-order valence-electron chi connectivity index (χ2n) is 15.6. The topological polar surface area (TPSA) is 103 Å². The SMILES string of the molecule is CC(C)c1nccc(CCCCO[Si](C)(C)C(C)(C)C)c1-n1c(=O)nc(N2CCN(C(=O)OC(C)(C)C)C[C@@H]2C)c2cc(F)c(Cl)nc21. The van der Waals surface area contributed by atoms with Crippen molar-refractivity contribution in [2.24, 2.45) is 0 Å². The average Bonchev–Trinajstić information content (AvgIpc) is 2.96. The first-order valence-electron chi connectivity index (χ1n) is 16.9. The first-order valence-corrected chi connectivity index (χ1v) is 20.2. The molecule has 1 atom stereocenters. The first-order chi connectivity index (χ1) is 22.2. The van der Waals surface area contributed by atoms with Crippen molar-refractivity contribution >= 4 is 42.9 Å². The van der Waals surface area contributed by atoms with Gasteiger partial charge >= 0.3 is 11.8 Å². The van der Waals surface area contributed by atoms with E-state index in [2.05, 4.69) is 48.8 Å². The van der Waals surface area contributed by atoms with Crippen LogP contribution in [0.1, 0.15) is 92.3 Å². The first kappa shape index (κ1) is 37.7. The molecule has 264 valence electrons. The van der Waals surface area contributed by atoms with Crippen molar-refractivity contribution in [2.75, 3.05) is 31.1 Å². The molecule has 1 fully saturated rings. The summed E-state index contributed by atoms with van der Waals surface area (Å²) in [6, 6.07) is 2.97. The number of carbonyl (C=O) groups is 1. The summed E-state index contributed by atoms with van der Waals surface area (Å²) in [6.07, 6.45) is 3.73. The molecule has 3 aromatic heterocycles. The van der Waals surface area contributed by atoms with E-state index < -0.39 is 31.5 Å². The number of pyridine rings is 2. The van der Waals surface area contributed by atoms with Crippen LogP contribution in [0.4, 0.5) is 15.0 Å². The van der Waals surface area contributed by atoms with E-state index in [1.54, 1.807) is 11.1 Å². The minimum Gasteiger partial charge on any atom is -0.444 e. The number of halogens is 2. The van der Waals surface area contributed by atoms with Gasteiger partial charge in [-0.25, -0.2) is 23.5 Å². The Kier molecular flexibility index (Phi) is 11.3. The fourth-order valence-corrected chi connectivity index (χ4v) is 6.85. The van der Waals surface area contributed by atoms with Crippen LogP contribution in [0, 0.1) is 5.82 Å². The highest BCUT2D eigenvalue weighted by molar-refractivity contribution is 6.74. The zero-order valence-electron chi connectivity index (χ0n) is 30.4. The Balaban J connectivity index is 1.73. The maximum absolute atomic E-state index is 15.1. The van der Waals surface area contributed by atoms with Crippen LogP contribution in [0.15, 0.2) is 23.1 Å². The minimum absolute atomic E-state index is 0.0274. The van der Waals surface area contributed by atoms with Crippen molar-refractivity contribution in [1.29, 1.82) is 0 Å². The lowest BCUT2D eigenvalue weighted by molar-refractivity contribution is 0.0218. The Labute approximate surface area is 290 Å². The molecule has 0 aliphatic carbocycles. The number of anilines is 1. The van der Waals surface area contributed by atoms with E-state index in [0.717, 1.165) is 18.4 Å². The van der Waals surface area contributed by atoms with E-state index in [1.165, 1.54) is 10.6 Å². The summed E-state index contributed by atoms with van der Waals surface area (Å²) < 4.78 is 28.5. The zero-order valence-corrected chi connectivity index (χ0v) is 32.2. The zero-order chi connectivity index (χ0) is 35.8. The van der Waals surface area contributed by atoms with Crippen LogP contribution in [0.5, 0.6) is 0 Å². The Morgan fingerprint density at radius 3 is 2.42 bits per heavy atom. The highest BCUT2D eigenvalue weighted by atomic mass is 35.5. The van der Waals surface area contributed by atoms with Crippen LogP contribution >= 0.6 is 11.6 Å². The summed E-state index contributed by atoms with van der Waals surface area (Å²) in [5, 5.41) is 0.145. The molecular formula is C35H52ClFN6O4Si. The second kappa shape index (κ2) is 14.4. The summed E-state index contributed by atoms with van der Waals surface area (Å²) in [7, 11) is -1.86. The molecule has 3 aromatic rings. The van der Waals surface area contributed by atoms with E-state index in [1.807, 2.05) is 52.5 Å². The lowest BCUT2D eigenvalue weighted by Gasteiger charge is -2.41. The van der Waals surface area contributed by atoms with E-state index >= 15 is 4.39 Å². The molecule has 1 amide bonds. The molecule has 0 spiro atoms. The molecule has 1 saturated heterocycles. The molecule has 0 unspecified atom stereocenters. The number of rotatable bonds is 9. The van der Waals surface area contributed by atoms with Gasteiger partial charge in [0.05, 0.1) is 16.8 Å². The van der Waals surface area contributed by atoms with Crippen molar-refractivity contribution in [3.05, 3.63) is 51.0 Å². The third-order valence-corrected chi connectivity index (χ3v) is 14.0. The van der Waals surface area contributed by atoms with Crippen molar-refractivity contribution in [3.63, 3.8) is 0 Å². The third kappa shape index (κ3) is 8.37. The minimum atomic E-state index is -1.86. The van der Waals surface area contributed by atoms with Gasteiger partial charge in [0.15, 0.2) is 24.9 Å². The number of piperazine rings is 1. The van der Waals surface area contributed by atoms with Crippen LogP contribution in [0.2, 0.25) is 23.3 Å². The van der Waals surface area contributed by atoms with Crippen LogP contribution < -0.4 is 10.6 Å². The highest BCUT2D eigenvalue weighted by Gasteiger charge is 2.37. The molecule has 13 heteroatoms. The van der Waals surface area contributed by atoms with Crippen molar-refractivity contribution in [2.45, 2.75) is 117 Å². The molecule has 0 saturated carbocycles. The molecule has 4 rings (SSSR count). The fraction of sp³-hybridized carbons (Fsp3) is 0.629. The number of ether oxygens (including phenoxy) is 1. The summed E-state index contributed by atoms with van der Waals surface area (Å²) in [6.45, 7) is 24.4. The van der Waals surface area contributed by atoms with Gasteiger partial charge in [0.2, 0.25) is 0 Å². The standard InChI is InChI=1S/C35H52ClFN6O4Si/c1-22(2)27-28(24(15-16-38-27)14-12-13-19-46-48(10,11)35(7,8)9)43-31-25(20-26(37)29(36)39-31)30(40-32(43)44)42-18-17-41(21-23(42)3)33(45)47-34(4,5)6/h15-16,20,22-23H,12-14,17-19,21H2,1-11H3/t23-/m0/s1. The van der Waals surface area contributed by atoms with Gasteiger partial charge in [0, 0.05) is 38.5 Å². The predicted octanol–water partition coefficient (Wildman–Crippen LogP) is 7.88. The maximum atomic E-state index is 15.1. The van der Waals surface area contributed by atoms with Gasteiger partial charge in [0.1, 0.15) is 11.4 Å². The van der Waals surface area contributed by atoms with E-state index in [-0.39, 0.29) is 27.8 Å². The molecule has 0 bridgehead atoms. The van der Waals surface area contributed by atoms with Crippen LogP contribution in [-0.2, 0) is 15.6 Å². The number of aromatic nitrogens is 4. The molecule has 0 N–H and O–H groups in total. The summed E-state index contributed by atoms with van der Waals surface area (Å²) in [5.74, 6) is -0.444. The largest absolute Gasteiger partial charge is 0.444 e. The fourth-order valence-electron chi connectivity index (χ4n) is 5.62. The van der Waals surface area contributed by atoms with Gasteiger partial charge < -0.3 is 19.0 Å². The quantitative estimate of drug-likeness (QED) is 0.126. The van der Waals surface area contributed by atoms with Gasteiger partial charge in [-0.3, -0.25) is 4.98 Å². The summed E-state index contributed by atoms with van der Waals surface area (Å²) in [4.78, 5) is 44.2. The van der Waals surface area contributed by atoms with Crippen molar-refractivity contribution < 1.29 is 18.3 Å². The number of fused-ring (bicyclic) bond motifs is 1. The van der Waals surface area contributed by atoms with Crippen molar-refractivity contribution in [3.8, 4) is 5.69 Å². The number of nitrogens with zero attached hydrogens (tertiary/aromatic N) is 6. The molecular weight excluding hydrogens is 651 g/mol. The lowest BCUT2D eigenvalue weighted by Crippen LogP contribution is -2.55. The monoisotopic (exact) mass is 702 g/mol. The number of hydrogen-bond acceptors (Lipinski definition) is 8. The molecule has 10 nitrogen and oxygen atoms in total. The van der Waals surface area contributed by atoms with Gasteiger partial charge in [-0.1, -0.05) is 46.2 Å².